The average Bonchev–Trinajstić information content (AvgIpc) is 2.88. The van der Waals surface area contributed by atoms with Crippen molar-refractivity contribution in [1.29, 1.82) is 0 Å². The highest BCUT2D eigenvalue weighted by atomic mass is 16.3. The zero-order valence-corrected chi connectivity index (χ0v) is 11.7. The van der Waals surface area contributed by atoms with Gasteiger partial charge >= 0.3 is 0 Å². The maximum atomic E-state index is 12.2. The molecule has 1 amide bonds. The lowest BCUT2D eigenvalue weighted by Gasteiger charge is -2.20. The second kappa shape index (κ2) is 5.00. The summed E-state index contributed by atoms with van der Waals surface area (Å²) in [6, 6.07) is 4.07. The average molecular weight is 262 g/mol. The van der Waals surface area contributed by atoms with Crippen LogP contribution in [-0.2, 0) is 11.3 Å². The molecule has 3 rings (SSSR count). The minimum atomic E-state index is 0.00267. The number of carbonyl (C=O) groups is 1. The van der Waals surface area contributed by atoms with Crippen molar-refractivity contribution in [3.8, 4) is 0 Å². The number of furan rings is 1. The van der Waals surface area contributed by atoms with E-state index in [9.17, 15) is 4.79 Å². The highest BCUT2D eigenvalue weighted by molar-refractivity contribution is 5.81. The molecule has 1 aromatic heterocycles. The summed E-state index contributed by atoms with van der Waals surface area (Å²) in [5, 5.41) is 3.24. The molecule has 0 spiro atoms. The minimum Gasteiger partial charge on any atom is -0.464 e. The molecular weight excluding hydrogens is 240 g/mol. The number of rotatable bonds is 4. The van der Waals surface area contributed by atoms with E-state index in [1.165, 1.54) is 6.42 Å². The van der Waals surface area contributed by atoms with Gasteiger partial charge in [0.05, 0.1) is 12.6 Å². The third-order valence-corrected chi connectivity index (χ3v) is 4.29. The molecule has 3 atom stereocenters. The zero-order chi connectivity index (χ0) is 13.4. The molecule has 2 unspecified atom stereocenters. The molecule has 0 bridgehead atoms. The highest BCUT2D eigenvalue weighted by Crippen LogP contribution is 2.47. The lowest BCUT2D eigenvalue weighted by atomic mass is 10.2. The van der Waals surface area contributed by atoms with Crippen LogP contribution < -0.4 is 5.32 Å². The van der Waals surface area contributed by atoms with Crippen molar-refractivity contribution in [3.63, 3.8) is 0 Å². The summed E-state index contributed by atoms with van der Waals surface area (Å²) in [4.78, 5) is 13.9. The smallest absolute Gasteiger partial charge is 0.239 e. The Kier molecular flexibility index (Phi) is 3.35. The quantitative estimate of drug-likeness (QED) is 0.904. The summed E-state index contributed by atoms with van der Waals surface area (Å²) >= 11 is 0. The van der Waals surface area contributed by atoms with E-state index in [1.54, 1.807) is 4.90 Å². The van der Waals surface area contributed by atoms with Crippen molar-refractivity contribution >= 4 is 5.91 Å². The van der Waals surface area contributed by atoms with Gasteiger partial charge in [0.25, 0.3) is 0 Å². The SMILES string of the molecule is CC1CC1c1ccc(CN(C)C(=O)[C@@H]2CCCN2)o1. The van der Waals surface area contributed by atoms with Crippen LogP contribution in [0.4, 0.5) is 0 Å². The fraction of sp³-hybridized carbons (Fsp3) is 0.667. The Morgan fingerprint density at radius 1 is 1.53 bits per heavy atom. The normalized spacial score (nSPS) is 29.5. The number of carbonyl (C=O) groups excluding carboxylic acids is 1. The van der Waals surface area contributed by atoms with E-state index in [-0.39, 0.29) is 11.9 Å². The van der Waals surface area contributed by atoms with Gasteiger partial charge in [-0.3, -0.25) is 4.79 Å². The first-order valence-electron chi connectivity index (χ1n) is 7.22. The second-order valence-corrected chi connectivity index (χ2v) is 5.97. The zero-order valence-electron chi connectivity index (χ0n) is 11.7. The van der Waals surface area contributed by atoms with Gasteiger partial charge in [-0.25, -0.2) is 0 Å². The molecule has 1 aliphatic carbocycles. The van der Waals surface area contributed by atoms with Crippen molar-refractivity contribution in [2.75, 3.05) is 13.6 Å². The van der Waals surface area contributed by atoms with Gasteiger partial charge in [-0.1, -0.05) is 6.92 Å². The standard InChI is InChI=1S/C15H22N2O2/c1-10-8-12(10)14-6-5-11(19-14)9-17(2)15(18)13-4-3-7-16-13/h5-6,10,12-13,16H,3-4,7-9H2,1-2H3/t10?,12?,13-/m0/s1. The van der Waals surface area contributed by atoms with Crippen molar-refractivity contribution in [1.82, 2.24) is 10.2 Å². The summed E-state index contributed by atoms with van der Waals surface area (Å²) in [6.45, 7) is 3.76. The van der Waals surface area contributed by atoms with Crippen LogP contribution in [0.25, 0.3) is 0 Å². The van der Waals surface area contributed by atoms with E-state index >= 15 is 0 Å². The van der Waals surface area contributed by atoms with Crippen molar-refractivity contribution < 1.29 is 9.21 Å². The van der Waals surface area contributed by atoms with Gasteiger partial charge in [0.15, 0.2) is 0 Å². The molecule has 1 N–H and O–H groups in total. The van der Waals surface area contributed by atoms with E-state index in [1.807, 2.05) is 13.1 Å². The van der Waals surface area contributed by atoms with Crippen LogP contribution in [0.5, 0.6) is 0 Å². The third-order valence-electron chi connectivity index (χ3n) is 4.29. The van der Waals surface area contributed by atoms with Crippen molar-refractivity contribution in [3.05, 3.63) is 23.7 Å². The lowest BCUT2D eigenvalue weighted by molar-refractivity contribution is -0.132. The van der Waals surface area contributed by atoms with Crippen LogP contribution in [0.3, 0.4) is 0 Å². The summed E-state index contributed by atoms with van der Waals surface area (Å²) in [6.07, 6.45) is 3.27. The lowest BCUT2D eigenvalue weighted by Crippen LogP contribution is -2.41. The maximum Gasteiger partial charge on any atom is 0.239 e. The Hall–Kier alpha value is -1.29. The predicted octanol–water partition coefficient (Wildman–Crippen LogP) is 2.11. The van der Waals surface area contributed by atoms with Crippen LogP contribution in [0.15, 0.2) is 16.5 Å². The molecule has 4 nitrogen and oxygen atoms in total. The van der Waals surface area contributed by atoms with Crippen LogP contribution in [0.2, 0.25) is 0 Å². The van der Waals surface area contributed by atoms with Crippen LogP contribution in [0, 0.1) is 5.92 Å². The topological polar surface area (TPSA) is 45.5 Å². The molecule has 2 heterocycles. The molecule has 2 fully saturated rings. The molecule has 2 aliphatic rings. The largest absolute Gasteiger partial charge is 0.464 e. The third kappa shape index (κ3) is 2.68. The Morgan fingerprint density at radius 2 is 2.32 bits per heavy atom. The molecule has 1 saturated carbocycles. The molecule has 19 heavy (non-hydrogen) atoms. The fourth-order valence-corrected chi connectivity index (χ4v) is 2.87. The molecule has 0 radical (unpaired) electrons. The summed E-state index contributed by atoms with van der Waals surface area (Å²) in [7, 11) is 1.85. The Morgan fingerprint density at radius 3 is 2.95 bits per heavy atom. The summed E-state index contributed by atoms with van der Waals surface area (Å²) in [5.41, 5.74) is 0. The molecule has 0 aromatic carbocycles. The summed E-state index contributed by atoms with van der Waals surface area (Å²) in [5.74, 6) is 3.51. The van der Waals surface area contributed by atoms with E-state index < -0.39 is 0 Å². The van der Waals surface area contributed by atoms with Crippen LogP contribution in [0.1, 0.15) is 43.6 Å². The van der Waals surface area contributed by atoms with Gasteiger partial charge in [0.2, 0.25) is 5.91 Å². The Bertz CT molecular complexity index is 462. The monoisotopic (exact) mass is 262 g/mol. The Balaban J connectivity index is 1.57. The predicted molar refractivity (Wildman–Crippen MR) is 72.7 cm³/mol. The van der Waals surface area contributed by atoms with Crippen LogP contribution in [-0.4, -0.2) is 30.4 Å². The minimum absolute atomic E-state index is 0.00267. The first-order valence-corrected chi connectivity index (χ1v) is 7.22. The number of likely N-dealkylation sites (N-methyl/N-ethyl adjacent to an activating group) is 1. The number of amides is 1. The van der Waals surface area contributed by atoms with Gasteiger partial charge in [0.1, 0.15) is 11.5 Å². The highest BCUT2D eigenvalue weighted by Gasteiger charge is 2.36. The van der Waals surface area contributed by atoms with Gasteiger partial charge in [-0.15, -0.1) is 0 Å². The number of nitrogens with zero attached hydrogens (tertiary/aromatic N) is 1. The number of nitrogens with one attached hydrogen (secondary N) is 1. The molecule has 1 aliphatic heterocycles. The van der Waals surface area contributed by atoms with Crippen molar-refractivity contribution in [2.45, 2.75) is 44.7 Å². The number of hydrogen-bond acceptors (Lipinski definition) is 3. The fourth-order valence-electron chi connectivity index (χ4n) is 2.87. The Labute approximate surface area is 114 Å². The van der Waals surface area contributed by atoms with E-state index in [0.717, 1.165) is 36.8 Å². The molecular formula is C15H22N2O2. The molecule has 1 saturated heterocycles. The molecule has 4 heteroatoms. The van der Waals surface area contributed by atoms with Gasteiger partial charge < -0.3 is 14.6 Å². The van der Waals surface area contributed by atoms with Gasteiger partial charge in [-0.2, -0.15) is 0 Å². The van der Waals surface area contributed by atoms with E-state index in [0.29, 0.717) is 12.5 Å². The maximum absolute atomic E-state index is 12.2. The molecule has 1 aromatic rings. The van der Waals surface area contributed by atoms with Crippen LogP contribution >= 0.6 is 0 Å². The summed E-state index contributed by atoms with van der Waals surface area (Å²) < 4.78 is 5.85. The number of hydrogen-bond donors (Lipinski definition) is 1. The van der Waals surface area contributed by atoms with E-state index in [2.05, 4.69) is 18.3 Å². The molecule has 104 valence electrons. The van der Waals surface area contributed by atoms with E-state index in [4.69, 9.17) is 4.42 Å². The first-order chi connectivity index (χ1) is 9.15. The first kappa shape index (κ1) is 12.7. The second-order valence-electron chi connectivity index (χ2n) is 5.97. The van der Waals surface area contributed by atoms with Crippen molar-refractivity contribution in [2.24, 2.45) is 5.92 Å². The van der Waals surface area contributed by atoms with Gasteiger partial charge in [0, 0.05) is 13.0 Å². The van der Waals surface area contributed by atoms with Gasteiger partial charge in [-0.05, 0) is 43.9 Å².